The fourth-order valence-electron chi connectivity index (χ4n) is 6.02. The van der Waals surface area contributed by atoms with Crippen LogP contribution in [0.2, 0.25) is 0 Å². The molecule has 0 radical (unpaired) electrons. The summed E-state index contributed by atoms with van der Waals surface area (Å²) in [5, 5.41) is 21.4. The number of anilines is 1. The van der Waals surface area contributed by atoms with Gasteiger partial charge >= 0.3 is 5.97 Å². The molecule has 2 unspecified atom stereocenters. The molecule has 3 atom stereocenters. The first-order valence-electron chi connectivity index (χ1n) is 12.0. The van der Waals surface area contributed by atoms with Gasteiger partial charge in [-0.05, 0) is 30.2 Å². The molecule has 5 heterocycles. The first kappa shape index (κ1) is 27.2. The van der Waals surface area contributed by atoms with Crippen molar-refractivity contribution < 1.29 is 54.2 Å². The summed E-state index contributed by atoms with van der Waals surface area (Å²) in [6.45, 7) is 3.96. The minimum Gasteiger partial charge on any atom is -1.00 e. The lowest BCUT2D eigenvalue weighted by molar-refractivity contribution is -0.939. The normalized spacial score (nSPS) is 30.3. The SMILES string of the molecule is Cc1cc(NC(=O)C[N+]23CCC(CC2)C(OC(=O)[C@](O)(c2ccsc2)C2CCC(F)(F)C2)C3)no1.[Br-]. The van der Waals surface area contributed by atoms with Crippen LogP contribution in [-0.2, 0) is 19.9 Å². The van der Waals surface area contributed by atoms with Crippen LogP contribution in [0.1, 0.15) is 43.4 Å². The summed E-state index contributed by atoms with van der Waals surface area (Å²) < 4.78 is 39.4. The zero-order valence-electron chi connectivity index (χ0n) is 19.9. The summed E-state index contributed by atoms with van der Waals surface area (Å²) in [5.41, 5.74) is -1.80. The Bertz CT molecular complexity index is 1090. The predicted octanol–water partition coefficient (Wildman–Crippen LogP) is 0.462. The average Bonchev–Trinajstić information content (AvgIpc) is 3.55. The van der Waals surface area contributed by atoms with Gasteiger partial charge in [0.25, 0.3) is 5.91 Å². The minimum atomic E-state index is -2.91. The summed E-state index contributed by atoms with van der Waals surface area (Å²) >= 11 is 1.29. The highest BCUT2D eigenvalue weighted by Gasteiger charge is 2.56. The number of carbonyl (C=O) groups is 2. The number of halogens is 3. The van der Waals surface area contributed by atoms with Crippen LogP contribution in [0.4, 0.5) is 14.6 Å². The van der Waals surface area contributed by atoms with Gasteiger partial charge in [-0.2, -0.15) is 11.3 Å². The number of esters is 1. The predicted molar refractivity (Wildman–Crippen MR) is 123 cm³/mol. The molecule has 4 aliphatic rings. The molecule has 198 valence electrons. The van der Waals surface area contributed by atoms with Crippen molar-refractivity contribution in [3.05, 3.63) is 34.2 Å². The lowest BCUT2D eigenvalue weighted by Crippen LogP contribution is -3.00. The van der Waals surface area contributed by atoms with E-state index in [1.54, 1.807) is 29.8 Å². The summed E-state index contributed by atoms with van der Waals surface area (Å²) in [4.78, 5) is 26.2. The molecule has 0 aromatic carbocycles. The molecule has 36 heavy (non-hydrogen) atoms. The number of hydrogen-bond acceptors (Lipinski definition) is 7. The zero-order chi connectivity index (χ0) is 24.8. The molecule has 3 aliphatic heterocycles. The first-order valence-corrected chi connectivity index (χ1v) is 13.0. The Morgan fingerprint density at radius 3 is 2.69 bits per heavy atom. The third-order valence-electron chi connectivity index (χ3n) is 7.94. The van der Waals surface area contributed by atoms with Crippen molar-refractivity contribution in [1.29, 1.82) is 0 Å². The van der Waals surface area contributed by atoms with Crippen molar-refractivity contribution >= 4 is 29.0 Å². The van der Waals surface area contributed by atoms with E-state index in [1.165, 1.54) is 11.3 Å². The standard InChI is InChI=1S/C24H29F2N3O5S.BrH/c1-15-10-20(28-34-15)27-21(30)13-29-7-3-16(4-8-29)19(12-29)33-22(31)24(32,18-5-9-35-14-18)17-2-6-23(25,26)11-17;/h5,9-10,14,16-17,19,32H,2-4,6-8,11-13H2,1H3;1H/t16?,17?,19?,24-,29?;/m1./s1. The van der Waals surface area contributed by atoms with Crippen LogP contribution in [0.15, 0.2) is 27.4 Å². The monoisotopic (exact) mass is 589 g/mol. The summed E-state index contributed by atoms with van der Waals surface area (Å²) in [7, 11) is 0. The maximum absolute atomic E-state index is 14.0. The lowest BCUT2D eigenvalue weighted by Gasteiger charge is -2.51. The first-order chi connectivity index (χ1) is 16.6. The van der Waals surface area contributed by atoms with Crippen LogP contribution < -0.4 is 22.3 Å². The molecule has 1 aliphatic carbocycles. The molecule has 2 bridgehead atoms. The topological polar surface area (TPSA) is 102 Å². The zero-order valence-corrected chi connectivity index (χ0v) is 22.3. The van der Waals surface area contributed by atoms with Gasteiger partial charge in [-0.15, -0.1) is 0 Å². The van der Waals surface area contributed by atoms with E-state index >= 15 is 0 Å². The van der Waals surface area contributed by atoms with Gasteiger partial charge in [0.1, 0.15) is 12.3 Å². The van der Waals surface area contributed by atoms with Crippen molar-refractivity contribution in [1.82, 2.24) is 5.16 Å². The summed E-state index contributed by atoms with van der Waals surface area (Å²) in [5.74, 6) is -3.82. The van der Waals surface area contributed by atoms with Crippen LogP contribution >= 0.6 is 11.3 Å². The van der Waals surface area contributed by atoms with Crippen LogP contribution in [0.5, 0.6) is 0 Å². The fraction of sp³-hybridized carbons (Fsp3) is 0.625. The molecule has 0 spiro atoms. The maximum atomic E-state index is 14.0. The van der Waals surface area contributed by atoms with Crippen molar-refractivity contribution in [2.45, 2.75) is 56.7 Å². The Labute approximate surface area is 222 Å². The smallest absolute Gasteiger partial charge is 0.343 e. The minimum absolute atomic E-state index is 0. The van der Waals surface area contributed by atoms with Crippen LogP contribution in [0, 0.1) is 18.8 Å². The van der Waals surface area contributed by atoms with E-state index in [0.717, 1.165) is 25.9 Å². The number of aliphatic hydroxyl groups is 1. The number of fused-ring (bicyclic) bond motifs is 3. The number of rotatable bonds is 7. The maximum Gasteiger partial charge on any atom is 0.343 e. The van der Waals surface area contributed by atoms with E-state index in [-0.39, 0.29) is 48.2 Å². The van der Waals surface area contributed by atoms with Crippen molar-refractivity contribution in [2.75, 3.05) is 31.5 Å². The second kappa shape index (κ2) is 10.1. The van der Waals surface area contributed by atoms with Gasteiger partial charge in [0.05, 0.1) is 13.1 Å². The number of carbonyl (C=O) groups excluding carboxylic acids is 2. The van der Waals surface area contributed by atoms with Crippen LogP contribution in [0.3, 0.4) is 0 Å². The second-order valence-electron chi connectivity index (χ2n) is 10.4. The third kappa shape index (κ3) is 5.23. The quantitative estimate of drug-likeness (QED) is 0.359. The highest BCUT2D eigenvalue weighted by molar-refractivity contribution is 7.08. The Kier molecular flexibility index (Phi) is 7.63. The Morgan fingerprint density at radius 1 is 1.36 bits per heavy atom. The van der Waals surface area contributed by atoms with E-state index in [0.29, 0.717) is 28.2 Å². The van der Waals surface area contributed by atoms with Crippen molar-refractivity contribution in [3.63, 3.8) is 0 Å². The van der Waals surface area contributed by atoms with Gasteiger partial charge in [0.15, 0.2) is 24.1 Å². The summed E-state index contributed by atoms with van der Waals surface area (Å²) in [6.07, 6.45) is 0.219. The molecular formula is C24H30BrF2N3O5S. The Hall–Kier alpha value is -1.89. The van der Waals surface area contributed by atoms with Gasteiger partial charge in [-0.25, -0.2) is 13.6 Å². The molecular weight excluding hydrogens is 560 g/mol. The van der Waals surface area contributed by atoms with Crippen LogP contribution in [-0.4, -0.2) is 64.8 Å². The van der Waals surface area contributed by atoms with Crippen molar-refractivity contribution in [2.24, 2.45) is 11.8 Å². The largest absolute Gasteiger partial charge is 1.00 e. The van der Waals surface area contributed by atoms with Gasteiger partial charge in [-0.3, -0.25) is 4.79 Å². The van der Waals surface area contributed by atoms with Gasteiger partial charge in [-0.1, -0.05) is 5.16 Å². The Morgan fingerprint density at radius 2 is 2.11 bits per heavy atom. The molecule has 2 N–H and O–H groups in total. The lowest BCUT2D eigenvalue weighted by atomic mass is 9.80. The number of quaternary nitrogens is 1. The number of nitrogens with zero attached hydrogens (tertiary/aromatic N) is 2. The van der Waals surface area contributed by atoms with E-state index in [9.17, 15) is 23.5 Å². The van der Waals surface area contributed by atoms with Gasteiger partial charge in [0, 0.05) is 49.1 Å². The number of amides is 1. The molecule has 3 saturated heterocycles. The molecule has 2 aromatic heterocycles. The number of piperidine rings is 3. The molecule has 8 nitrogen and oxygen atoms in total. The van der Waals surface area contributed by atoms with E-state index in [2.05, 4.69) is 10.5 Å². The molecule has 2 aromatic rings. The number of thiophene rings is 1. The van der Waals surface area contributed by atoms with E-state index in [1.807, 2.05) is 0 Å². The average molecular weight is 590 g/mol. The fourth-order valence-corrected chi connectivity index (χ4v) is 6.73. The Balaban J connectivity index is 0.00000304. The number of aryl methyl sites for hydroxylation is 1. The molecule has 12 heteroatoms. The highest BCUT2D eigenvalue weighted by atomic mass is 79.9. The van der Waals surface area contributed by atoms with E-state index in [4.69, 9.17) is 9.26 Å². The van der Waals surface area contributed by atoms with E-state index < -0.39 is 35.9 Å². The third-order valence-corrected chi connectivity index (χ3v) is 8.62. The molecule has 1 saturated carbocycles. The van der Waals surface area contributed by atoms with Gasteiger partial charge < -0.3 is 41.1 Å². The van der Waals surface area contributed by atoms with Gasteiger partial charge in [0.2, 0.25) is 5.92 Å². The second-order valence-corrected chi connectivity index (χ2v) is 11.1. The summed E-state index contributed by atoms with van der Waals surface area (Å²) in [6, 6.07) is 3.24. The molecule has 4 fully saturated rings. The number of nitrogens with one attached hydrogen (secondary N) is 1. The highest BCUT2D eigenvalue weighted by Crippen LogP contribution is 2.49. The van der Waals surface area contributed by atoms with Crippen LogP contribution in [0.25, 0.3) is 0 Å². The number of ether oxygens (including phenoxy) is 1. The number of hydrogen-bond donors (Lipinski definition) is 2. The number of aromatic nitrogens is 1. The van der Waals surface area contributed by atoms with Crippen molar-refractivity contribution in [3.8, 4) is 0 Å². The molecule has 6 rings (SSSR count). The number of alkyl halides is 2. The molecule has 1 amide bonds.